The van der Waals surface area contributed by atoms with E-state index in [2.05, 4.69) is 4.90 Å². The van der Waals surface area contributed by atoms with E-state index in [1.807, 2.05) is 23.1 Å². The number of carbonyl (C=O) groups excluding carboxylic acids is 1. The van der Waals surface area contributed by atoms with Gasteiger partial charge in [-0.15, -0.1) is 0 Å². The number of piperazine rings is 1. The van der Waals surface area contributed by atoms with Gasteiger partial charge in [0.2, 0.25) is 5.91 Å². The van der Waals surface area contributed by atoms with Crippen molar-refractivity contribution in [2.24, 2.45) is 5.92 Å². The molecule has 40 heavy (non-hydrogen) atoms. The molecule has 0 bridgehead atoms. The number of carbonyl (C=O) groups is 1. The van der Waals surface area contributed by atoms with Gasteiger partial charge >= 0.3 is 6.18 Å². The topological polar surface area (TPSA) is 84.0 Å². The fourth-order valence-electron chi connectivity index (χ4n) is 4.99. The number of fused-ring (bicyclic) bond motifs is 1. The maximum atomic E-state index is 13.4. The molecule has 1 aliphatic heterocycles. The molecule has 2 aromatic carbocycles. The van der Waals surface area contributed by atoms with E-state index in [0.29, 0.717) is 60.8 Å². The number of amides is 1. The minimum Gasteiger partial charge on any atom is -0.340 e. The lowest BCUT2D eigenvalue weighted by molar-refractivity contribution is -0.384. The van der Waals surface area contributed by atoms with Gasteiger partial charge in [0.25, 0.3) is 5.69 Å². The lowest BCUT2D eigenvalue weighted by Gasteiger charge is -2.35. The van der Waals surface area contributed by atoms with Crippen molar-refractivity contribution < 1.29 is 22.9 Å². The summed E-state index contributed by atoms with van der Waals surface area (Å²) in [7, 11) is 0. The van der Waals surface area contributed by atoms with Crippen molar-refractivity contribution in [3.05, 3.63) is 88.2 Å². The lowest BCUT2D eigenvalue weighted by atomic mass is 10.0. The van der Waals surface area contributed by atoms with Crippen LogP contribution >= 0.6 is 0 Å². The summed E-state index contributed by atoms with van der Waals surface area (Å²) in [6.07, 6.45) is -2.71. The summed E-state index contributed by atoms with van der Waals surface area (Å²) in [4.78, 5) is 32.2. The Morgan fingerprint density at radius 1 is 0.975 bits per heavy atom. The van der Waals surface area contributed by atoms with Gasteiger partial charge in [-0.1, -0.05) is 38.1 Å². The van der Waals surface area contributed by atoms with Crippen molar-refractivity contribution in [2.45, 2.75) is 26.6 Å². The Kier molecular flexibility index (Phi) is 7.33. The van der Waals surface area contributed by atoms with Crippen LogP contribution in [0.2, 0.25) is 0 Å². The van der Waals surface area contributed by atoms with Crippen LogP contribution in [0.25, 0.3) is 28.0 Å². The number of pyridine rings is 1. The van der Waals surface area contributed by atoms with Gasteiger partial charge in [0.05, 0.1) is 21.9 Å². The molecule has 2 aromatic heterocycles. The van der Waals surface area contributed by atoms with E-state index < -0.39 is 16.7 Å². The first-order valence-corrected chi connectivity index (χ1v) is 13.0. The van der Waals surface area contributed by atoms with Crippen molar-refractivity contribution in [1.29, 1.82) is 0 Å². The van der Waals surface area contributed by atoms with Crippen LogP contribution in [0.3, 0.4) is 0 Å². The Hall–Kier alpha value is -4.25. The SMILES string of the molecule is CC(C)C(=O)N1CCN(Cc2c(-c3cccc([N+](=O)[O-])c3)nc3ccc(-c4cccc(C(F)(F)F)c4)cn23)CC1. The van der Waals surface area contributed by atoms with E-state index in [0.717, 1.165) is 17.8 Å². The normalized spacial score (nSPS) is 14.7. The van der Waals surface area contributed by atoms with Crippen molar-refractivity contribution >= 4 is 17.2 Å². The summed E-state index contributed by atoms with van der Waals surface area (Å²) >= 11 is 0. The number of imidazole rings is 1. The van der Waals surface area contributed by atoms with Gasteiger partial charge < -0.3 is 9.30 Å². The fraction of sp³-hybridized carbons (Fsp3) is 0.310. The van der Waals surface area contributed by atoms with Crippen LogP contribution in [0.5, 0.6) is 0 Å². The third kappa shape index (κ3) is 5.55. The van der Waals surface area contributed by atoms with Crippen LogP contribution in [0.1, 0.15) is 25.1 Å². The van der Waals surface area contributed by atoms with Gasteiger partial charge in [0.1, 0.15) is 5.65 Å². The molecule has 0 radical (unpaired) electrons. The molecule has 1 saturated heterocycles. The standard InChI is InChI=1S/C29H28F3N5O3/c1-19(2)28(38)35-13-11-34(12-14-35)18-25-27(21-6-4-8-24(16-21)37(39)40)33-26-10-9-22(17-36(25)26)20-5-3-7-23(15-20)29(30,31)32/h3-10,15-17,19H,11-14,18H2,1-2H3. The highest BCUT2D eigenvalue weighted by atomic mass is 19.4. The first kappa shape index (κ1) is 27.3. The molecule has 1 amide bonds. The largest absolute Gasteiger partial charge is 0.416 e. The molecule has 0 saturated carbocycles. The predicted molar refractivity (Wildman–Crippen MR) is 144 cm³/mol. The lowest BCUT2D eigenvalue weighted by Crippen LogP contribution is -2.49. The average molecular weight is 552 g/mol. The number of rotatable bonds is 6. The molecule has 11 heteroatoms. The minimum atomic E-state index is -4.46. The molecule has 0 spiro atoms. The van der Waals surface area contributed by atoms with Crippen LogP contribution < -0.4 is 0 Å². The molecule has 0 atom stereocenters. The van der Waals surface area contributed by atoms with Crippen LogP contribution in [0, 0.1) is 16.0 Å². The molecule has 208 valence electrons. The van der Waals surface area contributed by atoms with Crippen LogP contribution in [-0.2, 0) is 17.5 Å². The maximum Gasteiger partial charge on any atom is 0.416 e. The van der Waals surface area contributed by atoms with Crippen LogP contribution in [0.4, 0.5) is 18.9 Å². The first-order chi connectivity index (χ1) is 19.0. The monoisotopic (exact) mass is 551 g/mol. The third-order valence-electron chi connectivity index (χ3n) is 7.12. The predicted octanol–water partition coefficient (Wildman–Crippen LogP) is 5.90. The molecular formula is C29H28F3N5O3. The maximum absolute atomic E-state index is 13.4. The molecule has 3 heterocycles. The molecule has 0 N–H and O–H groups in total. The smallest absolute Gasteiger partial charge is 0.340 e. The molecule has 0 unspecified atom stereocenters. The third-order valence-corrected chi connectivity index (χ3v) is 7.12. The fourth-order valence-corrected chi connectivity index (χ4v) is 4.99. The van der Waals surface area contributed by atoms with E-state index >= 15 is 0 Å². The highest BCUT2D eigenvalue weighted by Gasteiger charge is 2.30. The summed E-state index contributed by atoms with van der Waals surface area (Å²) in [6.45, 7) is 6.61. The summed E-state index contributed by atoms with van der Waals surface area (Å²) in [5.74, 6) is 0.0255. The Labute approximate surface area is 228 Å². The summed E-state index contributed by atoms with van der Waals surface area (Å²) in [5.41, 5.74) is 2.65. The zero-order chi connectivity index (χ0) is 28.6. The average Bonchev–Trinajstić information content (AvgIpc) is 3.30. The number of benzene rings is 2. The summed E-state index contributed by atoms with van der Waals surface area (Å²) in [6, 6.07) is 14.8. The van der Waals surface area contributed by atoms with Gasteiger partial charge in [-0.25, -0.2) is 4.98 Å². The number of hydrogen-bond acceptors (Lipinski definition) is 5. The molecule has 1 fully saturated rings. The van der Waals surface area contributed by atoms with E-state index in [9.17, 15) is 28.1 Å². The zero-order valence-corrected chi connectivity index (χ0v) is 22.1. The number of nitro groups is 1. The van der Waals surface area contributed by atoms with Crippen LogP contribution in [-0.4, -0.2) is 56.2 Å². The Morgan fingerprint density at radius 3 is 2.35 bits per heavy atom. The number of hydrogen-bond donors (Lipinski definition) is 0. The minimum absolute atomic E-state index is 0.0639. The highest BCUT2D eigenvalue weighted by molar-refractivity contribution is 5.78. The van der Waals surface area contributed by atoms with Crippen molar-refractivity contribution in [2.75, 3.05) is 26.2 Å². The summed E-state index contributed by atoms with van der Waals surface area (Å²) in [5, 5.41) is 11.5. The van der Waals surface area contributed by atoms with E-state index in [1.54, 1.807) is 36.5 Å². The van der Waals surface area contributed by atoms with Crippen LogP contribution in [0.15, 0.2) is 66.9 Å². The van der Waals surface area contributed by atoms with E-state index in [1.165, 1.54) is 18.2 Å². The van der Waals surface area contributed by atoms with E-state index in [-0.39, 0.29) is 17.5 Å². The molecule has 5 rings (SSSR count). The number of alkyl halides is 3. The second kappa shape index (κ2) is 10.7. The second-order valence-electron chi connectivity index (χ2n) is 10.2. The number of aromatic nitrogens is 2. The van der Waals surface area contributed by atoms with Gasteiger partial charge in [0, 0.05) is 62.5 Å². The highest BCUT2D eigenvalue weighted by Crippen LogP contribution is 2.34. The van der Waals surface area contributed by atoms with Crippen molar-refractivity contribution in [1.82, 2.24) is 19.2 Å². The number of halogens is 3. The Balaban J connectivity index is 1.56. The second-order valence-corrected chi connectivity index (χ2v) is 10.2. The Bertz CT molecular complexity index is 1570. The molecule has 0 aliphatic carbocycles. The quantitative estimate of drug-likeness (QED) is 0.220. The van der Waals surface area contributed by atoms with Gasteiger partial charge in [-0.2, -0.15) is 13.2 Å². The zero-order valence-electron chi connectivity index (χ0n) is 22.1. The van der Waals surface area contributed by atoms with Gasteiger partial charge in [0.15, 0.2) is 0 Å². The molecule has 1 aliphatic rings. The van der Waals surface area contributed by atoms with Crippen molar-refractivity contribution in [3.8, 4) is 22.4 Å². The molecule has 8 nitrogen and oxygen atoms in total. The van der Waals surface area contributed by atoms with Gasteiger partial charge in [-0.05, 0) is 35.4 Å². The van der Waals surface area contributed by atoms with E-state index in [4.69, 9.17) is 4.98 Å². The Morgan fingerprint density at radius 2 is 1.68 bits per heavy atom. The number of nitro benzene ring substituents is 1. The summed E-state index contributed by atoms with van der Waals surface area (Å²) < 4.78 is 42.0. The number of non-ortho nitro benzene ring substituents is 1. The molecular weight excluding hydrogens is 523 g/mol. The van der Waals surface area contributed by atoms with Gasteiger partial charge in [-0.3, -0.25) is 19.8 Å². The molecule has 4 aromatic rings. The number of nitrogens with zero attached hydrogens (tertiary/aromatic N) is 5. The first-order valence-electron chi connectivity index (χ1n) is 13.0. The van der Waals surface area contributed by atoms with Crippen molar-refractivity contribution in [3.63, 3.8) is 0 Å².